The Labute approximate surface area is 113 Å². The van der Waals surface area contributed by atoms with Crippen LogP contribution in [0.4, 0.5) is 4.79 Å². The maximum Gasteiger partial charge on any atom is 0.318 e. The standard InChI is InChI=1S/C14H21N3O2/c1-2-19-12-6-4-11(5-7-12)13-10-17(9-3-8-15)14(18)16-13/h4-7,13H,2-3,8-10,15H2,1H3,(H,16,18). The van der Waals surface area contributed by atoms with E-state index in [2.05, 4.69) is 5.32 Å². The summed E-state index contributed by atoms with van der Waals surface area (Å²) in [5.74, 6) is 0.857. The van der Waals surface area contributed by atoms with Gasteiger partial charge in [-0.2, -0.15) is 0 Å². The zero-order valence-electron chi connectivity index (χ0n) is 11.3. The Morgan fingerprint density at radius 2 is 2.16 bits per heavy atom. The molecule has 0 spiro atoms. The minimum Gasteiger partial charge on any atom is -0.494 e. The highest BCUT2D eigenvalue weighted by molar-refractivity contribution is 5.77. The number of ether oxygens (including phenoxy) is 1. The first-order valence-electron chi connectivity index (χ1n) is 6.73. The van der Waals surface area contributed by atoms with Crippen molar-refractivity contribution in [1.82, 2.24) is 10.2 Å². The average Bonchev–Trinajstić information content (AvgIpc) is 2.79. The quantitative estimate of drug-likeness (QED) is 0.817. The Balaban J connectivity index is 1.97. The fraction of sp³-hybridized carbons (Fsp3) is 0.500. The summed E-state index contributed by atoms with van der Waals surface area (Å²) in [5.41, 5.74) is 6.57. The predicted molar refractivity (Wildman–Crippen MR) is 74.1 cm³/mol. The van der Waals surface area contributed by atoms with Crippen LogP contribution in [0.5, 0.6) is 5.75 Å². The second-order valence-electron chi connectivity index (χ2n) is 4.59. The molecule has 2 amide bonds. The first-order chi connectivity index (χ1) is 9.24. The maximum atomic E-state index is 11.8. The molecule has 0 aromatic heterocycles. The number of benzene rings is 1. The van der Waals surface area contributed by atoms with Crippen molar-refractivity contribution in [3.05, 3.63) is 29.8 Å². The Morgan fingerprint density at radius 3 is 2.79 bits per heavy atom. The molecule has 0 aliphatic carbocycles. The first-order valence-corrected chi connectivity index (χ1v) is 6.73. The molecule has 1 unspecified atom stereocenters. The van der Waals surface area contributed by atoms with Gasteiger partial charge in [0.15, 0.2) is 0 Å². The molecule has 5 nitrogen and oxygen atoms in total. The second kappa shape index (κ2) is 6.43. The van der Waals surface area contributed by atoms with Crippen LogP contribution >= 0.6 is 0 Å². The molecule has 0 radical (unpaired) electrons. The number of rotatable bonds is 6. The fourth-order valence-electron chi connectivity index (χ4n) is 2.22. The Morgan fingerprint density at radius 1 is 1.42 bits per heavy atom. The molecule has 1 atom stereocenters. The van der Waals surface area contributed by atoms with E-state index < -0.39 is 0 Å². The van der Waals surface area contributed by atoms with Crippen LogP contribution in [0.15, 0.2) is 24.3 Å². The Hall–Kier alpha value is -1.75. The van der Waals surface area contributed by atoms with E-state index in [9.17, 15) is 4.79 Å². The number of nitrogens with zero attached hydrogens (tertiary/aromatic N) is 1. The highest BCUT2D eigenvalue weighted by Crippen LogP contribution is 2.22. The number of hydrogen-bond acceptors (Lipinski definition) is 3. The highest BCUT2D eigenvalue weighted by atomic mass is 16.5. The molecule has 1 aliphatic rings. The van der Waals surface area contributed by atoms with Crippen LogP contribution in [-0.4, -0.2) is 37.2 Å². The highest BCUT2D eigenvalue weighted by Gasteiger charge is 2.28. The van der Waals surface area contributed by atoms with Crippen LogP contribution in [0.2, 0.25) is 0 Å². The lowest BCUT2D eigenvalue weighted by molar-refractivity contribution is 0.217. The largest absolute Gasteiger partial charge is 0.494 e. The molecule has 1 aromatic rings. The molecule has 0 saturated carbocycles. The number of carbonyl (C=O) groups is 1. The zero-order chi connectivity index (χ0) is 13.7. The van der Waals surface area contributed by atoms with E-state index in [1.54, 1.807) is 0 Å². The number of amides is 2. The van der Waals surface area contributed by atoms with Gasteiger partial charge < -0.3 is 20.7 Å². The zero-order valence-corrected chi connectivity index (χ0v) is 11.3. The number of urea groups is 1. The van der Waals surface area contributed by atoms with Crippen LogP contribution in [0.3, 0.4) is 0 Å². The van der Waals surface area contributed by atoms with Crippen molar-refractivity contribution in [2.24, 2.45) is 5.73 Å². The molecule has 3 N–H and O–H groups in total. The van der Waals surface area contributed by atoms with Gasteiger partial charge in [-0.25, -0.2) is 4.79 Å². The van der Waals surface area contributed by atoms with E-state index in [0.717, 1.165) is 24.3 Å². The molecule has 19 heavy (non-hydrogen) atoms. The lowest BCUT2D eigenvalue weighted by atomic mass is 10.1. The molecular formula is C14H21N3O2. The summed E-state index contributed by atoms with van der Waals surface area (Å²) in [6.07, 6.45) is 0.837. The molecule has 104 valence electrons. The third-order valence-corrected chi connectivity index (χ3v) is 3.21. The van der Waals surface area contributed by atoms with Crippen LogP contribution in [0.1, 0.15) is 24.9 Å². The topological polar surface area (TPSA) is 67.6 Å². The van der Waals surface area contributed by atoms with Crippen molar-refractivity contribution in [3.8, 4) is 5.75 Å². The average molecular weight is 263 g/mol. The van der Waals surface area contributed by atoms with Gasteiger partial charge in [0.2, 0.25) is 0 Å². The van der Waals surface area contributed by atoms with E-state index in [-0.39, 0.29) is 12.1 Å². The maximum absolute atomic E-state index is 11.8. The summed E-state index contributed by atoms with van der Waals surface area (Å²) >= 11 is 0. The summed E-state index contributed by atoms with van der Waals surface area (Å²) in [5, 5.41) is 2.99. The summed E-state index contributed by atoms with van der Waals surface area (Å²) < 4.78 is 5.41. The number of hydrogen-bond donors (Lipinski definition) is 2. The summed E-state index contributed by atoms with van der Waals surface area (Å²) in [4.78, 5) is 13.6. The number of nitrogens with two attached hydrogens (primary N) is 1. The van der Waals surface area contributed by atoms with Crippen molar-refractivity contribution >= 4 is 6.03 Å². The van der Waals surface area contributed by atoms with Crippen LogP contribution in [0, 0.1) is 0 Å². The van der Waals surface area contributed by atoms with E-state index in [1.807, 2.05) is 36.1 Å². The van der Waals surface area contributed by atoms with Gasteiger partial charge in [-0.3, -0.25) is 0 Å². The van der Waals surface area contributed by atoms with Gasteiger partial charge in [0.1, 0.15) is 5.75 Å². The summed E-state index contributed by atoms with van der Waals surface area (Å²) in [6, 6.07) is 7.93. The lowest BCUT2D eigenvalue weighted by Crippen LogP contribution is -2.30. The molecular weight excluding hydrogens is 242 g/mol. The van der Waals surface area contributed by atoms with Crippen molar-refractivity contribution in [2.45, 2.75) is 19.4 Å². The minimum atomic E-state index is -0.00710. The molecule has 1 aliphatic heterocycles. The third-order valence-electron chi connectivity index (χ3n) is 3.21. The van der Waals surface area contributed by atoms with E-state index in [0.29, 0.717) is 19.7 Å². The predicted octanol–water partition coefficient (Wildman–Crippen LogP) is 1.50. The molecule has 1 aromatic carbocycles. The van der Waals surface area contributed by atoms with Gasteiger partial charge >= 0.3 is 6.03 Å². The molecule has 0 bridgehead atoms. The van der Waals surface area contributed by atoms with Crippen LogP contribution in [0.25, 0.3) is 0 Å². The smallest absolute Gasteiger partial charge is 0.318 e. The van der Waals surface area contributed by atoms with E-state index in [4.69, 9.17) is 10.5 Å². The SMILES string of the molecule is CCOc1ccc(C2CN(CCCN)C(=O)N2)cc1. The van der Waals surface area contributed by atoms with Gasteiger partial charge in [-0.1, -0.05) is 12.1 Å². The summed E-state index contributed by atoms with van der Waals surface area (Å²) in [7, 11) is 0. The lowest BCUT2D eigenvalue weighted by Gasteiger charge is -2.14. The first kappa shape index (κ1) is 13.7. The second-order valence-corrected chi connectivity index (χ2v) is 4.59. The van der Waals surface area contributed by atoms with Gasteiger partial charge in [-0.15, -0.1) is 0 Å². The van der Waals surface area contributed by atoms with Crippen molar-refractivity contribution in [3.63, 3.8) is 0 Å². The molecule has 1 saturated heterocycles. The van der Waals surface area contributed by atoms with Crippen molar-refractivity contribution < 1.29 is 9.53 Å². The molecule has 1 fully saturated rings. The van der Waals surface area contributed by atoms with Gasteiger partial charge in [0.05, 0.1) is 12.6 Å². The van der Waals surface area contributed by atoms with Gasteiger partial charge in [0.25, 0.3) is 0 Å². The van der Waals surface area contributed by atoms with E-state index >= 15 is 0 Å². The summed E-state index contributed by atoms with van der Waals surface area (Å²) in [6.45, 7) is 4.65. The number of carbonyl (C=O) groups excluding carboxylic acids is 1. The van der Waals surface area contributed by atoms with Crippen LogP contribution < -0.4 is 15.8 Å². The van der Waals surface area contributed by atoms with Crippen LogP contribution in [-0.2, 0) is 0 Å². The molecule has 2 rings (SSSR count). The van der Waals surface area contributed by atoms with Crippen molar-refractivity contribution in [1.29, 1.82) is 0 Å². The fourth-order valence-corrected chi connectivity index (χ4v) is 2.22. The normalized spacial score (nSPS) is 18.5. The van der Waals surface area contributed by atoms with E-state index in [1.165, 1.54) is 0 Å². The number of nitrogens with one attached hydrogen (secondary N) is 1. The minimum absolute atomic E-state index is 0.00710. The Bertz CT molecular complexity index is 419. The molecule has 5 heteroatoms. The van der Waals surface area contributed by atoms with Crippen molar-refractivity contribution in [2.75, 3.05) is 26.2 Å². The van der Waals surface area contributed by atoms with Gasteiger partial charge in [0, 0.05) is 13.1 Å². The third kappa shape index (κ3) is 3.38. The molecule has 1 heterocycles. The van der Waals surface area contributed by atoms with Gasteiger partial charge in [-0.05, 0) is 37.6 Å². The Kier molecular flexibility index (Phi) is 4.63. The monoisotopic (exact) mass is 263 g/mol.